The van der Waals surface area contributed by atoms with Crippen LogP contribution in [0.25, 0.3) is 0 Å². The van der Waals surface area contributed by atoms with E-state index >= 15 is 0 Å². The van der Waals surface area contributed by atoms with Gasteiger partial charge in [0.15, 0.2) is 0 Å². The van der Waals surface area contributed by atoms with Crippen LogP contribution in [-0.2, 0) is 14.3 Å². The molecule has 5 heteroatoms. The number of nitrogens with one attached hydrogen (secondary N) is 1. The molecule has 0 aliphatic heterocycles. The van der Waals surface area contributed by atoms with Crippen molar-refractivity contribution in [2.45, 2.75) is 31.7 Å². The van der Waals surface area contributed by atoms with Gasteiger partial charge in [0.2, 0.25) is 5.91 Å². The average Bonchev–Trinajstić information content (AvgIpc) is 2.30. The first-order valence-electron chi connectivity index (χ1n) is 5.84. The Kier molecular flexibility index (Phi) is 5.69. The van der Waals surface area contributed by atoms with E-state index in [-0.39, 0.29) is 24.5 Å². The van der Waals surface area contributed by atoms with Crippen molar-refractivity contribution < 1.29 is 19.4 Å². The number of carbonyl (C=O) groups is 2. The molecule has 0 saturated heterocycles. The first-order valence-corrected chi connectivity index (χ1v) is 5.84. The minimum atomic E-state index is -0.732. The zero-order chi connectivity index (χ0) is 12.7. The summed E-state index contributed by atoms with van der Waals surface area (Å²) in [7, 11) is 0. The lowest BCUT2D eigenvalue weighted by molar-refractivity contribution is -0.142. The number of carboxylic acid groups (broad SMARTS) is 1. The molecule has 1 aliphatic carbocycles. The molecular formula is C12H19NO4. The van der Waals surface area contributed by atoms with E-state index in [9.17, 15) is 9.59 Å². The Balaban J connectivity index is 2.19. The molecule has 0 aromatic heterocycles. The molecule has 1 saturated carbocycles. The van der Waals surface area contributed by atoms with E-state index in [1.165, 1.54) is 0 Å². The zero-order valence-electron chi connectivity index (χ0n) is 9.85. The summed E-state index contributed by atoms with van der Waals surface area (Å²) in [6.45, 7) is 3.88. The van der Waals surface area contributed by atoms with Gasteiger partial charge < -0.3 is 15.2 Å². The maximum Gasteiger partial charge on any atom is 0.306 e. The highest BCUT2D eigenvalue weighted by Crippen LogP contribution is 2.24. The molecule has 0 atom stereocenters. The molecule has 1 rings (SSSR count). The molecule has 1 fully saturated rings. The third kappa shape index (κ3) is 4.99. The molecule has 17 heavy (non-hydrogen) atoms. The quantitative estimate of drug-likeness (QED) is 0.536. The topological polar surface area (TPSA) is 75.6 Å². The zero-order valence-corrected chi connectivity index (χ0v) is 9.85. The molecule has 0 aromatic carbocycles. The molecule has 0 spiro atoms. The SMILES string of the molecule is C=CCOCC(=O)NC1CCC(C(=O)O)CC1. The van der Waals surface area contributed by atoms with Crippen molar-refractivity contribution in [1.29, 1.82) is 0 Å². The molecule has 2 N–H and O–H groups in total. The van der Waals surface area contributed by atoms with Gasteiger partial charge in [0.05, 0.1) is 12.5 Å². The van der Waals surface area contributed by atoms with Crippen molar-refractivity contribution in [2.24, 2.45) is 5.92 Å². The summed E-state index contributed by atoms with van der Waals surface area (Å²) in [6, 6.07) is 0.0884. The van der Waals surface area contributed by atoms with Gasteiger partial charge in [0, 0.05) is 6.04 Å². The number of carbonyl (C=O) groups excluding carboxylic acids is 1. The van der Waals surface area contributed by atoms with Crippen molar-refractivity contribution in [3.05, 3.63) is 12.7 Å². The summed E-state index contributed by atoms with van der Waals surface area (Å²) < 4.78 is 5.02. The molecule has 0 bridgehead atoms. The van der Waals surface area contributed by atoms with Crippen LogP contribution in [0, 0.1) is 5.92 Å². The summed E-state index contributed by atoms with van der Waals surface area (Å²) in [5.41, 5.74) is 0. The van der Waals surface area contributed by atoms with Crippen LogP contribution in [-0.4, -0.2) is 36.2 Å². The van der Waals surface area contributed by atoms with Crippen LogP contribution in [0.5, 0.6) is 0 Å². The molecule has 0 unspecified atom stereocenters. The minimum absolute atomic E-state index is 0.0326. The molecule has 0 heterocycles. The maximum atomic E-state index is 11.4. The summed E-state index contributed by atoms with van der Waals surface area (Å²) >= 11 is 0. The number of aliphatic carboxylic acids is 1. The summed E-state index contributed by atoms with van der Waals surface area (Å²) in [5.74, 6) is -1.13. The van der Waals surface area contributed by atoms with Gasteiger partial charge in [0.25, 0.3) is 0 Å². The van der Waals surface area contributed by atoms with E-state index in [0.717, 1.165) is 12.8 Å². The van der Waals surface area contributed by atoms with Crippen molar-refractivity contribution in [3.8, 4) is 0 Å². The number of rotatable bonds is 6. The van der Waals surface area contributed by atoms with Gasteiger partial charge in [-0.1, -0.05) is 6.08 Å². The van der Waals surface area contributed by atoms with Crippen molar-refractivity contribution in [3.63, 3.8) is 0 Å². The lowest BCUT2D eigenvalue weighted by Crippen LogP contribution is -2.40. The number of hydrogen-bond acceptors (Lipinski definition) is 3. The monoisotopic (exact) mass is 241 g/mol. The molecule has 0 radical (unpaired) electrons. The Morgan fingerprint density at radius 2 is 2.00 bits per heavy atom. The Morgan fingerprint density at radius 1 is 1.35 bits per heavy atom. The first-order chi connectivity index (χ1) is 8.13. The molecule has 1 aliphatic rings. The predicted molar refractivity (Wildman–Crippen MR) is 62.5 cm³/mol. The van der Waals surface area contributed by atoms with Crippen molar-refractivity contribution in [1.82, 2.24) is 5.32 Å². The molecule has 96 valence electrons. The fourth-order valence-electron chi connectivity index (χ4n) is 1.99. The number of amides is 1. The van der Waals surface area contributed by atoms with E-state index in [4.69, 9.17) is 9.84 Å². The third-order valence-corrected chi connectivity index (χ3v) is 2.91. The van der Waals surface area contributed by atoms with E-state index < -0.39 is 5.97 Å². The van der Waals surface area contributed by atoms with Crippen LogP contribution < -0.4 is 5.32 Å². The van der Waals surface area contributed by atoms with Crippen LogP contribution >= 0.6 is 0 Å². The van der Waals surface area contributed by atoms with Crippen LogP contribution in [0.2, 0.25) is 0 Å². The summed E-state index contributed by atoms with van der Waals surface area (Å²) in [5, 5.41) is 11.7. The number of hydrogen-bond donors (Lipinski definition) is 2. The van der Waals surface area contributed by atoms with Gasteiger partial charge in [0.1, 0.15) is 6.61 Å². The second-order valence-electron chi connectivity index (χ2n) is 4.26. The Labute approximate surface area is 101 Å². The largest absolute Gasteiger partial charge is 0.481 e. The van der Waals surface area contributed by atoms with E-state index in [1.807, 2.05) is 0 Å². The summed E-state index contributed by atoms with van der Waals surface area (Å²) in [6.07, 6.45) is 4.31. The van der Waals surface area contributed by atoms with Gasteiger partial charge in [-0.25, -0.2) is 0 Å². The molecule has 5 nitrogen and oxygen atoms in total. The van der Waals surface area contributed by atoms with Gasteiger partial charge in [-0.2, -0.15) is 0 Å². The van der Waals surface area contributed by atoms with Gasteiger partial charge in [-0.15, -0.1) is 6.58 Å². The van der Waals surface area contributed by atoms with Gasteiger partial charge in [-0.05, 0) is 25.7 Å². The van der Waals surface area contributed by atoms with Gasteiger partial charge >= 0.3 is 5.97 Å². The second-order valence-corrected chi connectivity index (χ2v) is 4.26. The highest BCUT2D eigenvalue weighted by Gasteiger charge is 2.26. The van der Waals surface area contributed by atoms with E-state index in [0.29, 0.717) is 19.4 Å². The fraction of sp³-hybridized carbons (Fsp3) is 0.667. The smallest absolute Gasteiger partial charge is 0.306 e. The maximum absolute atomic E-state index is 11.4. The minimum Gasteiger partial charge on any atom is -0.481 e. The number of ether oxygens (including phenoxy) is 1. The molecule has 1 amide bonds. The predicted octanol–water partition coefficient (Wildman–Crippen LogP) is 0.949. The second kappa shape index (κ2) is 7.06. The number of carboxylic acids is 1. The fourth-order valence-corrected chi connectivity index (χ4v) is 1.99. The Morgan fingerprint density at radius 3 is 2.53 bits per heavy atom. The van der Waals surface area contributed by atoms with Crippen molar-refractivity contribution >= 4 is 11.9 Å². The third-order valence-electron chi connectivity index (χ3n) is 2.91. The molecular weight excluding hydrogens is 222 g/mol. The van der Waals surface area contributed by atoms with E-state index in [1.54, 1.807) is 6.08 Å². The Bertz CT molecular complexity index is 282. The van der Waals surface area contributed by atoms with Crippen LogP contribution in [0.15, 0.2) is 12.7 Å². The summed E-state index contributed by atoms with van der Waals surface area (Å²) in [4.78, 5) is 22.2. The average molecular weight is 241 g/mol. The molecule has 0 aromatic rings. The standard InChI is InChI=1S/C12H19NO4/c1-2-7-17-8-11(14)13-10-5-3-9(4-6-10)12(15)16/h2,9-10H,1,3-8H2,(H,13,14)(H,15,16). The highest BCUT2D eigenvalue weighted by molar-refractivity contribution is 5.77. The lowest BCUT2D eigenvalue weighted by Gasteiger charge is -2.26. The van der Waals surface area contributed by atoms with Crippen molar-refractivity contribution in [2.75, 3.05) is 13.2 Å². The van der Waals surface area contributed by atoms with Crippen LogP contribution in [0.1, 0.15) is 25.7 Å². The van der Waals surface area contributed by atoms with Crippen LogP contribution in [0.3, 0.4) is 0 Å². The van der Waals surface area contributed by atoms with Gasteiger partial charge in [-0.3, -0.25) is 9.59 Å². The Hall–Kier alpha value is -1.36. The highest BCUT2D eigenvalue weighted by atomic mass is 16.5. The van der Waals surface area contributed by atoms with E-state index in [2.05, 4.69) is 11.9 Å². The normalized spacial score (nSPS) is 24.0. The van der Waals surface area contributed by atoms with Crippen LogP contribution in [0.4, 0.5) is 0 Å². The first kappa shape index (κ1) is 13.7. The lowest BCUT2D eigenvalue weighted by atomic mass is 9.86.